The molecular formula is C34H53NO17. The van der Waals surface area contributed by atoms with Gasteiger partial charge in [-0.3, -0.25) is 9.59 Å². The number of ether oxygens (including phenoxy) is 9. The van der Waals surface area contributed by atoms with Crippen LogP contribution >= 0.6 is 0 Å². The molecule has 10 atom stereocenters. The van der Waals surface area contributed by atoms with Gasteiger partial charge in [-0.25, -0.2) is 4.79 Å². The summed E-state index contributed by atoms with van der Waals surface area (Å²) in [5.41, 5.74) is -1.07. The number of esters is 1. The molecule has 1 aromatic carbocycles. The van der Waals surface area contributed by atoms with Crippen molar-refractivity contribution in [3.8, 4) is 5.75 Å². The largest absolute Gasteiger partial charge is 0.491 e. The second-order valence-electron chi connectivity index (χ2n) is 12.8. The summed E-state index contributed by atoms with van der Waals surface area (Å²) in [4.78, 5) is 37.1. The molecular weight excluding hydrogens is 694 g/mol. The number of Topliss-reactive ketones (excluding diaryl/α,β-unsaturated/α-hetero) is 1. The molecule has 0 aromatic heterocycles. The summed E-state index contributed by atoms with van der Waals surface area (Å²) in [5, 5.41) is 54.1. The first-order valence-corrected chi connectivity index (χ1v) is 17.0. The molecule has 1 aromatic rings. The number of aliphatic hydroxyl groups is 5. The minimum Gasteiger partial charge on any atom is -0.491 e. The topological polar surface area (TPSA) is 247 Å². The Kier molecular flexibility index (Phi) is 17.7. The summed E-state index contributed by atoms with van der Waals surface area (Å²) in [6.07, 6.45) is -11.6. The van der Waals surface area contributed by atoms with Crippen LogP contribution in [0.5, 0.6) is 5.75 Å². The Morgan fingerprint density at radius 2 is 1.40 bits per heavy atom. The smallest absolute Gasteiger partial charge is 0.338 e. The molecule has 6 N–H and O–H groups in total. The van der Waals surface area contributed by atoms with Gasteiger partial charge in [-0.2, -0.15) is 0 Å². The number of hydrogen-bond acceptors (Lipinski definition) is 17. The second kappa shape index (κ2) is 21.1. The maximum atomic E-state index is 13.1. The molecule has 18 heteroatoms. The van der Waals surface area contributed by atoms with Gasteiger partial charge in [0, 0.05) is 25.5 Å². The van der Waals surface area contributed by atoms with Crippen LogP contribution < -0.4 is 10.1 Å². The lowest BCUT2D eigenvalue weighted by atomic mass is 9.88. The van der Waals surface area contributed by atoms with E-state index >= 15 is 0 Å². The fourth-order valence-electron chi connectivity index (χ4n) is 5.47. The summed E-state index contributed by atoms with van der Waals surface area (Å²) in [7, 11) is 1.21. The summed E-state index contributed by atoms with van der Waals surface area (Å²) in [5.74, 6) is -1.92. The van der Waals surface area contributed by atoms with E-state index in [1.165, 1.54) is 27.9 Å². The number of methoxy groups -OCH3 is 1. The minimum absolute atomic E-state index is 0.00308. The van der Waals surface area contributed by atoms with Crippen molar-refractivity contribution < 1.29 is 82.5 Å². The number of carbonyl (C=O) groups is 3. The highest BCUT2D eigenvalue weighted by Crippen LogP contribution is 2.32. The van der Waals surface area contributed by atoms with Crippen molar-refractivity contribution in [2.45, 2.75) is 88.5 Å². The monoisotopic (exact) mass is 747 g/mol. The molecule has 1 amide bonds. The van der Waals surface area contributed by atoms with Gasteiger partial charge in [0.15, 0.2) is 24.5 Å². The van der Waals surface area contributed by atoms with Crippen LogP contribution in [0, 0.1) is 5.92 Å². The van der Waals surface area contributed by atoms with Crippen LogP contribution in [0.2, 0.25) is 0 Å². The Balaban J connectivity index is 1.35. The number of aliphatic hydroxyl groups excluding tert-OH is 4. The van der Waals surface area contributed by atoms with Crippen molar-refractivity contribution in [1.29, 1.82) is 0 Å². The Bertz CT molecular complexity index is 1240. The van der Waals surface area contributed by atoms with E-state index in [4.69, 9.17) is 42.6 Å². The summed E-state index contributed by atoms with van der Waals surface area (Å²) >= 11 is 0. The van der Waals surface area contributed by atoms with E-state index < -0.39 is 85.2 Å². The van der Waals surface area contributed by atoms with Gasteiger partial charge in [-0.05, 0) is 38.1 Å². The molecule has 3 rings (SSSR count). The molecule has 7 unspecified atom stereocenters. The number of carbonyl (C=O) groups excluding carboxylic acids is 3. The number of nitrogens with one attached hydrogen (secondary N) is 1. The van der Waals surface area contributed by atoms with Crippen molar-refractivity contribution in [2.75, 3.05) is 66.6 Å². The molecule has 2 saturated heterocycles. The van der Waals surface area contributed by atoms with Crippen LogP contribution in [0.15, 0.2) is 24.3 Å². The second-order valence-corrected chi connectivity index (χ2v) is 12.8. The third kappa shape index (κ3) is 12.6. The maximum absolute atomic E-state index is 13.1. The normalized spacial score (nSPS) is 29.3. The quantitative estimate of drug-likeness (QED) is 0.0467. The highest BCUT2D eigenvalue weighted by Gasteiger charge is 2.53. The zero-order valence-corrected chi connectivity index (χ0v) is 30.1. The van der Waals surface area contributed by atoms with Crippen LogP contribution in [-0.2, 0) is 47.5 Å². The van der Waals surface area contributed by atoms with Gasteiger partial charge in [0.1, 0.15) is 49.0 Å². The van der Waals surface area contributed by atoms with Crippen molar-refractivity contribution in [3.05, 3.63) is 29.8 Å². The predicted octanol–water partition coefficient (Wildman–Crippen LogP) is -1.69. The third-order valence-electron chi connectivity index (χ3n) is 8.32. The Morgan fingerprint density at radius 3 is 1.94 bits per heavy atom. The molecule has 0 aliphatic carbocycles. The first kappa shape index (κ1) is 43.6. The van der Waals surface area contributed by atoms with E-state index in [9.17, 15) is 39.9 Å². The van der Waals surface area contributed by atoms with E-state index in [2.05, 4.69) is 5.32 Å². The van der Waals surface area contributed by atoms with Gasteiger partial charge in [0.25, 0.3) is 0 Å². The number of hydrogen-bond donors (Lipinski definition) is 6. The van der Waals surface area contributed by atoms with E-state index in [1.807, 2.05) is 0 Å². The average Bonchev–Trinajstić information content (AvgIpc) is 3.11. The van der Waals surface area contributed by atoms with Gasteiger partial charge in [-0.15, -0.1) is 0 Å². The number of benzene rings is 1. The standard InChI is InChI=1S/C34H53NO17/c1-19-24(35-20(2)37)32(50-23(18-36)25(19)38)51-28-26(39)27(40)33(44-5)52-29(28)31(42)49-17-15-47-13-11-45-10-12-46-14-16-48-22-8-6-21(7-9-22)30(41)34(3,4)43/h6-9,19,23-29,32-33,36,38-40,43H,10-18H2,1-5H3,(H,35,37)/t19?,23?,24?,25?,26?,27?,28-,29+,32-,33?/m0/s1. The molecule has 2 fully saturated rings. The zero-order chi connectivity index (χ0) is 38.4. The third-order valence-corrected chi connectivity index (χ3v) is 8.32. The molecule has 0 spiro atoms. The zero-order valence-electron chi connectivity index (χ0n) is 30.1. The van der Waals surface area contributed by atoms with Gasteiger partial charge in [-0.1, -0.05) is 6.92 Å². The lowest BCUT2D eigenvalue weighted by molar-refractivity contribution is -0.335. The van der Waals surface area contributed by atoms with E-state index in [-0.39, 0.29) is 38.8 Å². The fraction of sp³-hybridized carbons (Fsp3) is 0.735. The van der Waals surface area contributed by atoms with Crippen LogP contribution in [0.4, 0.5) is 0 Å². The van der Waals surface area contributed by atoms with Crippen molar-refractivity contribution in [1.82, 2.24) is 5.32 Å². The Morgan fingerprint density at radius 1 is 0.827 bits per heavy atom. The van der Waals surface area contributed by atoms with Gasteiger partial charge in [0.2, 0.25) is 5.91 Å². The van der Waals surface area contributed by atoms with Crippen molar-refractivity contribution in [3.63, 3.8) is 0 Å². The minimum atomic E-state index is -1.73. The molecule has 18 nitrogen and oxygen atoms in total. The SMILES string of the molecule is COC1O[C@@H](C(=O)OCCOCCOCCOCCOc2ccc(C(=O)C(C)(C)O)cc2)[C@@H](O[C@@H]2OC(CO)C(O)C(C)C2NC(C)=O)C(O)C1O. The van der Waals surface area contributed by atoms with Crippen LogP contribution in [0.1, 0.15) is 38.1 Å². The van der Waals surface area contributed by atoms with Crippen LogP contribution in [0.3, 0.4) is 0 Å². The van der Waals surface area contributed by atoms with Crippen LogP contribution in [-0.4, -0.2) is 171 Å². The van der Waals surface area contributed by atoms with Gasteiger partial charge in [0.05, 0.1) is 58.4 Å². The fourth-order valence-corrected chi connectivity index (χ4v) is 5.47. The summed E-state index contributed by atoms with van der Waals surface area (Å²) in [6, 6.07) is 5.51. The number of rotatable bonds is 21. The highest BCUT2D eigenvalue weighted by molar-refractivity contribution is 6.01. The summed E-state index contributed by atoms with van der Waals surface area (Å²) < 4.78 is 49.5. The molecule has 296 valence electrons. The first-order valence-electron chi connectivity index (χ1n) is 17.0. The molecule has 2 heterocycles. The summed E-state index contributed by atoms with van der Waals surface area (Å²) in [6.45, 7) is 6.56. The molecule has 52 heavy (non-hydrogen) atoms. The van der Waals surface area contributed by atoms with Crippen molar-refractivity contribution >= 4 is 17.7 Å². The van der Waals surface area contributed by atoms with Crippen LogP contribution in [0.25, 0.3) is 0 Å². The van der Waals surface area contributed by atoms with E-state index in [1.54, 1.807) is 31.2 Å². The Labute approximate surface area is 302 Å². The van der Waals surface area contributed by atoms with E-state index in [0.29, 0.717) is 31.1 Å². The lowest BCUT2D eigenvalue weighted by Gasteiger charge is -2.47. The number of amides is 1. The lowest BCUT2D eigenvalue weighted by Crippen LogP contribution is -2.66. The first-order chi connectivity index (χ1) is 24.7. The molecule has 2 aliphatic rings. The van der Waals surface area contributed by atoms with E-state index in [0.717, 1.165) is 0 Å². The van der Waals surface area contributed by atoms with Crippen molar-refractivity contribution in [2.24, 2.45) is 5.92 Å². The predicted molar refractivity (Wildman–Crippen MR) is 177 cm³/mol. The molecule has 0 radical (unpaired) electrons. The Hall–Kier alpha value is -2.85. The molecule has 0 saturated carbocycles. The molecule has 2 aliphatic heterocycles. The van der Waals surface area contributed by atoms with Gasteiger partial charge < -0.3 is 73.5 Å². The maximum Gasteiger partial charge on any atom is 0.338 e. The highest BCUT2D eigenvalue weighted by atomic mass is 16.7. The number of ketones is 1. The van der Waals surface area contributed by atoms with Gasteiger partial charge >= 0.3 is 5.97 Å². The average molecular weight is 748 g/mol. The molecule has 0 bridgehead atoms.